The number of halogens is 2. The molecular weight excluding hydrogens is 433 g/mol. The van der Waals surface area contributed by atoms with E-state index in [0.717, 1.165) is 0 Å². The minimum absolute atomic E-state index is 0.0445. The number of ether oxygens (including phenoxy) is 3. The highest BCUT2D eigenvalue weighted by atomic mass is 35.5. The molecule has 2 aromatic rings. The van der Waals surface area contributed by atoms with Gasteiger partial charge in [0.15, 0.2) is 11.5 Å². The molecule has 0 heterocycles. The van der Waals surface area contributed by atoms with Gasteiger partial charge in [0.25, 0.3) is 10.0 Å². The molecule has 0 aromatic heterocycles. The normalized spacial score (nSPS) is 11.0. The third-order valence-electron chi connectivity index (χ3n) is 3.73. The molecule has 0 saturated heterocycles. The Morgan fingerprint density at radius 3 is 2.07 bits per heavy atom. The van der Waals surface area contributed by atoms with E-state index < -0.39 is 22.5 Å². The molecule has 0 aliphatic rings. The molecule has 0 fully saturated rings. The molecule has 8 nitrogen and oxygen atoms in total. The van der Waals surface area contributed by atoms with Gasteiger partial charge in [0.1, 0.15) is 22.2 Å². The molecular formula is C17H17Cl2NO7S. The third-order valence-corrected chi connectivity index (χ3v) is 6.53. The number of hydrogen-bond acceptors (Lipinski definition) is 6. The van der Waals surface area contributed by atoms with Crippen LogP contribution in [0.15, 0.2) is 35.2 Å². The van der Waals surface area contributed by atoms with Crippen LogP contribution in [0.2, 0.25) is 10.0 Å². The van der Waals surface area contributed by atoms with E-state index in [4.69, 9.17) is 37.4 Å². The highest BCUT2D eigenvalue weighted by Gasteiger charge is 2.31. The Morgan fingerprint density at radius 2 is 1.54 bits per heavy atom. The maximum Gasteiger partial charge on any atom is 0.324 e. The van der Waals surface area contributed by atoms with E-state index in [1.54, 1.807) is 0 Å². The molecule has 11 heteroatoms. The number of sulfonamides is 1. The van der Waals surface area contributed by atoms with E-state index in [1.807, 2.05) is 0 Å². The molecule has 0 unspecified atom stereocenters. The van der Waals surface area contributed by atoms with Gasteiger partial charge in [-0.3, -0.25) is 9.10 Å². The number of anilines is 1. The van der Waals surface area contributed by atoms with Crippen molar-refractivity contribution < 1.29 is 32.5 Å². The van der Waals surface area contributed by atoms with Gasteiger partial charge in [-0.2, -0.15) is 0 Å². The van der Waals surface area contributed by atoms with Gasteiger partial charge in [0.2, 0.25) is 0 Å². The second-order valence-electron chi connectivity index (χ2n) is 5.34. The van der Waals surface area contributed by atoms with Crippen molar-refractivity contribution in [1.29, 1.82) is 0 Å². The zero-order valence-electron chi connectivity index (χ0n) is 15.1. The van der Waals surface area contributed by atoms with Crippen LogP contribution in [0, 0.1) is 0 Å². The number of benzene rings is 2. The Kier molecular flexibility index (Phi) is 6.87. The van der Waals surface area contributed by atoms with Gasteiger partial charge in [0.05, 0.1) is 32.0 Å². The van der Waals surface area contributed by atoms with Crippen molar-refractivity contribution in [2.45, 2.75) is 4.90 Å². The molecule has 0 aliphatic carbocycles. The van der Waals surface area contributed by atoms with E-state index in [1.165, 1.54) is 51.7 Å². The molecule has 28 heavy (non-hydrogen) atoms. The average molecular weight is 450 g/mol. The van der Waals surface area contributed by atoms with Crippen LogP contribution in [0.5, 0.6) is 17.2 Å². The number of carboxylic acid groups (broad SMARTS) is 1. The van der Waals surface area contributed by atoms with Crippen molar-refractivity contribution in [3.05, 3.63) is 40.4 Å². The van der Waals surface area contributed by atoms with Crippen molar-refractivity contribution >= 4 is 44.9 Å². The zero-order valence-corrected chi connectivity index (χ0v) is 17.4. The second kappa shape index (κ2) is 8.76. The summed E-state index contributed by atoms with van der Waals surface area (Å²) in [6.45, 7) is -0.849. The summed E-state index contributed by atoms with van der Waals surface area (Å²) < 4.78 is 42.4. The Bertz CT molecular complexity index is 995. The van der Waals surface area contributed by atoms with Crippen molar-refractivity contribution in [1.82, 2.24) is 0 Å². The fraction of sp³-hybridized carbons (Fsp3) is 0.235. The maximum absolute atomic E-state index is 13.2. The minimum atomic E-state index is -4.39. The molecule has 0 radical (unpaired) electrons. The summed E-state index contributed by atoms with van der Waals surface area (Å²) in [5, 5.41) is 8.86. The van der Waals surface area contributed by atoms with Crippen LogP contribution >= 0.6 is 23.2 Å². The summed E-state index contributed by atoms with van der Waals surface area (Å²) in [5.74, 6) is -0.607. The highest BCUT2D eigenvalue weighted by molar-refractivity contribution is 7.93. The fourth-order valence-corrected chi connectivity index (χ4v) is 4.63. The summed E-state index contributed by atoms with van der Waals surface area (Å²) in [7, 11) is -0.243. The molecule has 0 bridgehead atoms. The molecule has 152 valence electrons. The molecule has 0 aliphatic heterocycles. The first-order chi connectivity index (χ1) is 13.2. The lowest BCUT2D eigenvalue weighted by Gasteiger charge is -2.24. The zero-order chi connectivity index (χ0) is 21.1. The van der Waals surface area contributed by atoms with Crippen LogP contribution in [0.1, 0.15) is 0 Å². The second-order valence-corrected chi connectivity index (χ2v) is 7.93. The standard InChI is InChI=1S/C17H17Cl2NO7S/c1-25-11-5-4-10(8-13(11)27-3)20(9-15(21)22)28(23,24)14-7-6-12(26-2)16(18)17(14)19/h4-8H,9H2,1-3H3,(H,21,22). The highest BCUT2D eigenvalue weighted by Crippen LogP contribution is 2.39. The predicted molar refractivity (Wildman–Crippen MR) is 105 cm³/mol. The van der Waals surface area contributed by atoms with E-state index in [2.05, 4.69) is 0 Å². The third kappa shape index (κ3) is 4.21. The first-order valence-corrected chi connectivity index (χ1v) is 9.85. The SMILES string of the molecule is COc1ccc(N(CC(=O)O)S(=O)(=O)c2ccc(OC)c(Cl)c2Cl)cc1OC. The molecule has 1 N–H and O–H groups in total. The van der Waals surface area contributed by atoms with Crippen molar-refractivity contribution in [3.8, 4) is 17.2 Å². The van der Waals surface area contributed by atoms with Crippen LogP contribution in [0.4, 0.5) is 5.69 Å². The number of nitrogens with zero attached hydrogens (tertiary/aromatic N) is 1. The molecule has 0 amide bonds. The lowest BCUT2D eigenvalue weighted by molar-refractivity contribution is -0.135. The summed E-state index contributed by atoms with van der Waals surface area (Å²) in [4.78, 5) is 11.0. The van der Waals surface area contributed by atoms with Crippen LogP contribution in [0.25, 0.3) is 0 Å². The Morgan fingerprint density at radius 1 is 0.964 bits per heavy atom. The van der Waals surface area contributed by atoms with Crippen LogP contribution in [-0.4, -0.2) is 47.4 Å². The van der Waals surface area contributed by atoms with E-state index in [0.29, 0.717) is 10.1 Å². The smallest absolute Gasteiger partial charge is 0.324 e. The Hall–Kier alpha value is -2.36. The van der Waals surface area contributed by atoms with Gasteiger partial charge < -0.3 is 19.3 Å². The van der Waals surface area contributed by atoms with E-state index in [-0.39, 0.29) is 32.1 Å². The van der Waals surface area contributed by atoms with Crippen LogP contribution in [-0.2, 0) is 14.8 Å². The number of carbonyl (C=O) groups is 1. The molecule has 2 rings (SSSR count). The quantitative estimate of drug-likeness (QED) is 0.659. The van der Waals surface area contributed by atoms with Gasteiger partial charge in [-0.15, -0.1) is 0 Å². The van der Waals surface area contributed by atoms with Gasteiger partial charge in [0, 0.05) is 6.07 Å². The first-order valence-electron chi connectivity index (χ1n) is 7.65. The molecule has 0 saturated carbocycles. The van der Waals surface area contributed by atoms with Crippen LogP contribution in [0.3, 0.4) is 0 Å². The van der Waals surface area contributed by atoms with Gasteiger partial charge in [-0.1, -0.05) is 23.2 Å². The van der Waals surface area contributed by atoms with E-state index >= 15 is 0 Å². The maximum atomic E-state index is 13.2. The Labute approximate surface area is 172 Å². The molecule has 0 atom stereocenters. The lowest BCUT2D eigenvalue weighted by Crippen LogP contribution is -2.36. The summed E-state index contributed by atoms with van der Waals surface area (Å²) in [6, 6.07) is 6.72. The minimum Gasteiger partial charge on any atom is -0.495 e. The monoisotopic (exact) mass is 449 g/mol. The van der Waals surface area contributed by atoms with Gasteiger partial charge in [-0.05, 0) is 24.3 Å². The number of rotatable bonds is 8. The van der Waals surface area contributed by atoms with Crippen molar-refractivity contribution in [2.75, 3.05) is 32.2 Å². The van der Waals surface area contributed by atoms with Gasteiger partial charge in [-0.25, -0.2) is 8.42 Å². The molecule has 2 aromatic carbocycles. The molecule has 0 spiro atoms. The Balaban J connectivity index is 2.66. The van der Waals surface area contributed by atoms with Crippen LogP contribution < -0.4 is 18.5 Å². The number of carboxylic acids is 1. The van der Waals surface area contributed by atoms with E-state index in [9.17, 15) is 18.3 Å². The number of hydrogen-bond donors (Lipinski definition) is 1. The van der Waals surface area contributed by atoms with Crippen molar-refractivity contribution in [2.24, 2.45) is 0 Å². The van der Waals surface area contributed by atoms with Gasteiger partial charge >= 0.3 is 5.97 Å². The number of methoxy groups -OCH3 is 3. The first kappa shape index (κ1) is 21.9. The summed E-state index contributed by atoms with van der Waals surface area (Å²) in [6.07, 6.45) is 0. The topological polar surface area (TPSA) is 102 Å². The summed E-state index contributed by atoms with van der Waals surface area (Å²) in [5.41, 5.74) is 0.0445. The largest absolute Gasteiger partial charge is 0.495 e. The number of aliphatic carboxylic acids is 1. The summed E-state index contributed by atoms with van der Waals surface area (Å²) >= 11 is 12.2. The lowest BCUT2D eigenvalue weighted by atomic mass is 10.2. The fourth-order valence-electron chi connectivity index (χ4n) is 2.41. The average Bonchev–Trinajstić information content (AvgIpc) is 2.67. The van der Waals surface area contributed by atoms with Crippen molar-refractivity contribution in [3.63, 3.8) is 0 Å². The predicted octanol–water partition coefficient (Wildman–Crippen LogP) is 3.30.